The lowest BCUT2D eigenvalue weighted by atomic mass is 10.1. The zero-order chi connectivity index (χ0) is 24.0. The number of anilines is 3. The second-order valence-corrected chi connectivity index (χ2v) is 7.70. The van der Waals surface area contributed by atoms with Crippen LogP contribution in [0.2, 0.25) is 0 Å². The van der Waals surface area contributed by atoms with Gasteiger partial charge in [0.2, 0.25) is 5.91 Å². The molecule has 0 aliphatic rings. The molecule has 0 fully saturated rings. The third kappa shape index (κ3) is 5.84. The zero-order valence-electron chi connectivity index (χ0n) is 19.1. The minimum absolute atomic E-state index is 0.301. The summed E-state index contributed by atoms with van der Waals surface area (Å²) in [5, 5.41) is 16.3. The Hall–Kier alpha value is -3.96. The quantitative estimate of drug-likeness (QED) is 0.484. The van der Waals surface area contributed by atoms with Gasteiger partial charge >= 0.3 is 0 Å². The summed E-state index contributed by atoms with van der Waals surface area (Å²) in [6, 6.07) is 10.2. The zero-order valence-corrected chi connectivity index (χ0v) is 19.1. The highest BCUT2D eigenvalue weighted by atomic mass is 19.1. The van der Waals surface area contributed by atoms with Crippen LogP contribution in [0.25, 0.3) is 10.9 Å². The highest BCUT2D eigenvalue weighted by Gasteiger charge is 2.15. The third-order valence-electron chi connectivity index (χ3n) is 4.81. The van der Waals surface area contributed by atoms with Crippen molar-refractivity contribution in [3.05, 3.63) is 65.6 Å². The minimum Gasteiger partial charge on any atom is -0.492 e. The van der Waals surface area contributed by atoms with E-state index in [0.717, 1.165) is 0 Å². The smallest absolute Gasteiger partial charge is 0.248 e. The molecule has 2 aromatic carbocycles. The molecule has 0 saturated carbocycles. The first-order valence-electron chi connectivity index (χ1n) is 10.5. The fraction of sp³-hybridized carbons (Fsp3) is 0.240. The number of hydrogen-bond donors (Lipinski definition) is 2. The first-order valence-corrected chi connectivity index (χ1v) is 10.5. The Morgan fingerprint density at radius 2 is 2.09 bits per heavy atom. The second kappa shape index (κ2) is 10.6. The van der Waals surface area contributed by atoms with Crippen molar-refractivity contribution >= 4 is 33.9 Å². The Labute approximate surface area is 192 Å². The van der Waals surface area contributed by atoms with Gasteiger partial charge in [0.15, 0.2) is 0 Å². The average molecular weight is 448 g/mol. The number of amides is 1. The van der Waals surface area contributed by atoms with Crippen LogP contribution in [-0.2, 0) is 4.79 Å². The van der Waals surface area contributed by atoms with Gasteiger partial charge in [-0.15, -0.1) is 0 Å². The molecule has 0 aliphatic heterocycles. The normalized spacial score (nSPS) is 11.1. The molecule has 170 valence electrons. The number of aryl methyl sites for hydroxylation is 1. The predicted octanol–water partition coefficient (Wildman–Crippen LogP) is 4.75. The Kier molecular flexibility index (Phi) is 7.59. The second-order valence-electron chi connectivity index (χ2n) is 7.70. The molecular formula is C25H26FN5O2. The molecule has 0 radical (unpaired) electrons. The number of carbonyl (C=O) groups is 1. The van der Waals surface area contributed by atoms with E-state index in [4.69, 9.17) is 4.74 Å². The van der Waals surface area contributed by atoms with Gasteiger partial charge in [-0.1, -0.05) is 6.08 Å². The van der Waals surface area contributed by atoms with Gasteiger partial charge in [0.1, 0.15) is 17.6 Å². The summed E-state index contributed by atoms with van der Waals surface area (Å²) in [7, 11) is 3.82. The number of likely N-dealkylation sites (N-methyl/N-ethyl adjacent to an activating group) is 1. The summed E-state index contributed by atoms with van der Waals surface area (Å²) in [5.41, 5.74) is 2.97. The standard InChI is InChI=1S/C25H26FN5O2/c1-5-33-23-13-21-19(12-22(23)30-24(32)7-6-10-31(3)4)25(17(14-27)15-28-21)29-18-8-9-20(26)16(2)11-18/h6-9,11-13,15H,5,10H2,1-4H3,(H,28,29)(H,30,32)/b7-6+. The van der Waals surface area contributed by atoms with Crippen molar-refractivity contribution in [3.63, 3.8) is 0 Å². The molecule has 2 N–H and O–H groups in total. The number of pyridine rings is 1. The lowest BCUT2D eigenvalue weighted by Crippen LogP contribution is -2.13. The van der Waals surface area contributed by atoms with Crippen LogP contribution in [0.3, 0.4) is 0 Å². The van der Waals surface area contributed by atoms with Crippen LogP contribution in [0.15, 0.2) is 48.7 Å². The van der Waals surface area contributed by atoms with Crippen molar-refractivity contribution in [2.45, 2.75) is 13.8 Å². The molecule has 7 nitrogen and oxygen atoms in total. The summed E-state index contributed by atoms with van der Waals surface area (Å²) in [4.78, 5) is 18.8. The topological polar surface area (TPSA) is 90.3 Å². The highest BCUT2D eigenvalue weighted by molar-refractivity contribution is 6.04. The van der Waals surface area contributed by atoms with E-state index in [1.807, 2.05) is 25.9 Å². The van der Waals surface area contributed by atoms with Gasteiger partial charge in [-0.2, -0.15) is 5.26 Å². The largest absolute Gasteiger partial charge is 0.492 e. The van der Waals surface area contributed by atoms with Gasteiger partial charge in [0, 0.05) is 36.0 Å². The van der Waals surface area contributed by atoms with Gasteiger partial charge < -0.3 is 20.3 Å². The van der Waals surface area contributed by atoms with Gasteiger partial charge in [-0.25, -0.2) is 4.39 Å². The van der Waals surface area contributed by atoms with Gasteiger partial charge in [0.25, 0.3) is 0 Å². The third-order valence-corrected chi connectivity index (χ3v) is 4.81. The molecule has 3 rings (SSSR count). The van der Waals surface area contributed by atoms with E-state index < -0.39 is 0 Å². The Morgan fingerprint density at radius 1 is 1.30 bits per heavy atom. The van der Waals surface area contributed by atoms with E-state index in [0.29, 0.717) is 58.0 Å². The maximum atomic E-state index is 13.7. The summed E-state index contributed by atoms with van der Waals surface area (Å²) in [5.74, 6) is -0.139. The molecule has 1 amide bonds. The van der Waals surface area contributed by atoms with E-state index in [9.17, 15) is 14.4 Å². The van der Waals surface area contributed by atoms with E-state index in [2.05, 4.69) is 21.7 Å². The number of hydrogen-bond acceptors (Lipinski definition) is 6. The van der Waals surface area contributed by atoms with Gasteiger partial charge in [-0.3, -0.25) is 9.78 Å². The molecule has 1 aromatic heterocycles. The van der Waals surface area contributed by atoms with Crippen LogP contribution in [0, 0.1) is 24.1 Å². The molecule has 0 spiro atoms. The average Bonchev–Trinajstić information content (AvgIpc) is 2.77. The van der Waals surface area contributed by atoms with E-state index in [1.54, 1.807) is 37.3 Å². The highest BCUT2D eigenvalue weighted by Crippen LogP contribution is 2.36. The summed E-state index contributed by atoms with van der Waals surface area (Å²) >= 11 is 0. The van der Waals surface area contributed by atoms with Crippen LogP contribution < -0.4 is 15.4 Å². The van der Waals surface area contributed by atoms with Crippen molar-refractivity contribution < 1.29 is 13.9 Å². The summed E-state index contributed by atoms with van der Waals surface area (Å²) in [6.07, 6.45) is 4.69. The van der Waals surface area contributed by atoms with Crippen molar-refractivity contribution in [1.29, 1.82) is 5.26 Å². The van der Waals surface area contributed by atoms with Crippen molar-refractivity contribution in [3.8, 4) is 11.8 Å². The molecule has 0 atom stereocenters. The van der Waals surface area contributed by atoms with E-state index in [-0.39, 0.29) is 11.7 Å². The first-order chi connectivity index (χ1) is 15.8. The molecule has 1 heterocycles. The molecule has 33 heavy (non-hydrogen) atoms. The monoisotopic (exact) mass is 447 g/mol. The fourth-order valence-electron chi connectivity index (χ4n) is 3.22. The lowest BCUT2D eigenvalue weighted by molar-refractivity contribution is -0.111. The maximum absolute atomic E-state index is 13.7. The van der Waals surface area contributed by atoms with Crippen molar-refractivity contribution in [2.24, 2.45) is 0 Å². The van der Waals surface area contributed by atoms with Crippen molar-refractivity contribution in [1.82, 2.24) is 9.88 Å². The molecule has 3 aromatic rings. The summed E-state index contributed by atoms with van der Waals surface area (Å²) in [6.45, 7) is 4.55. The number of ether oxygens (including phenoxy) is 1. The number of nitrogens with one attached hydrogen (secondary N) is 2. The van der Waals surface area contributed by atoms with E-state index in [1.165, 1.54) is 18.3 Å². The fourth-order valence-corrected chi connectivity index (χ4v) is 3.22. The predicted molar refractivity (Wildman–Crippen MR) is 128 cm³/mol. The number of rotatable bonds is 8. The molecule has 8 heteroatoms. The van der Waals surface area contributed by atoms with Crippen LogP contribution in [-0.4, -0.2) is 43.0 Å². The van der Waals surface area contributed by atoms with Crippen LogP contribution in [0.5, 0.6) is 5.75 Å². The van der Waals surface area contributed by atoms with Crippen molar-refractivity contribution in [2.75, 3.05) is 37.9 Å². The number of nitriles is 1. The number of fused-ring (bicyclic) bond motifs is 1. The van der Waals surface area contributed by atoms with Crippen LogP contribution in [0.1, 0.15) is 18.1 Å². The molecule has 0 aliphatic carbocycles. The molecular weight excluding hydrogens is 421 g/mol. The van der Waals surface area contributed by atoms with Crippen LogP contribution in [0.4, 0.5) is 21.5 Å². The molecule has 0 unspecified atom stereocenters. The number of carbonyl (C=O) groups excluding carboxylic acids is 1. The Bertz CT molecular complexity index is 1250. The van der Waals surface area contributed by atoms with Gasteiger partial charge in [0.05, 0.1) is 29.1 Å². The Morgan fingerprint density at radius 3 is 2.76 bits per heavy atom. The molecule has 0 saturated heterocycles. The number of benzene rings is 2. The number of nitrogens with zero attached hydrogens (tertiary/aromatic N) is 3. The first kappa shape index (κ1) is 23.7. The molecule has 0 bridgehead atoms. The lowest BCUT2D eigenvalue weighted by Gasteiger charge is -2.16. The number of aromatic nitrogens is 1. The minimum atomic E-state index is -0.311. The SMILES string of the molecule is CCOc1cc2ncc(C#N)c(Nc3ccc(F)c(C)c3)c2cc1NC(=O)/C=C/CN(C)C. The van der Waals surface area contributed by atoms with Gasteiger partial charge in [-0.05, 0) is 57.8 Å². The number of halogens is 1. The summed E-state index contributed by atoms with van der Waals surface area (Å²) < 4.78 is 19.4. The van der Waals surface area contributed by atoms with E-state index >= 15 is 0 Å². The van der Waals surface area contributed by atoms with Crippen LogP contribution >= 0.6 is 0 Å². The maximum Gasteiger partial charge on any atom is 0.248 e. The Balaban J connectivity index is 2.07.